The summed E-state index contributed by atoms with van der Waals surface area (Å²) in [4.78, 5) is 15.6. The second-order valence-corrected chi connectivity index (χ2v) is 9.52. The number of hydrogen-bond acceptors (Lipinski definition) is 7. The number of nitrogens with two attached hydrogens (primary N) is 1. The van der Waals surface area contributed by atoms with Crippen molar-refractivity contribution in [3.05, 3.63) is 83.6 Å². The zero-order valence-electron chi connectivity index (χ0n) is 19.3. The van der Waals surface area contributed by atoms with Crippen LogP contribution in [0.4, 0.5) is 23.7 Å². The Morgan fingerprint density at radius 3 is 2.57 bits per heavy atom. The first-order chi connectivity index (χ1) is 16.5. The summed E-state index contributed by atoms with van der Waals surface area (Å²) in [7, 11) is -1.78. The Hall–Kier alpha value is -3.80. The molecule has 188 valence electrons. The number of rotatable bonds is 9. The van der Waals surface area contributed by atoms with E-state index < -0.39 is 33.3 Å². The van der Waals surface area contributed by atoms with E-state index in [1.807, 2.05) is 0 Å². The normalized spacial score (nSPS) is 13.5. The molecule has 2 aromatic rings. The second kappa shape index (κ2) is 12.1. The third-order valence-corrected chi connectivity index (χ3v) is 5.66. The molecular weight excluding hydrogens is 485 g/mol. The fraction of sp³-hybridized carbons (Fsp3) is 0.217. The predicted octanol–water partition coefficient (Wildman–Crippen LogP) is 4.87. The SMILES string of the molecule is C=C(N=C(/C(F)=C\N)c1ccc(F)cc1OC)Nc1cc(F)cc(CS(C)(=O)=NC(=O)OCC)c1. The molecule has 0 aliphatic heterocycles. The van der Waals surface area contributed by atoms with Crippen LogP contribution in [-0.4, -0.2) is 36.0 Å². The summed E-state index contributed by atoms with van der Waals surface area (Å²) in [6, 6.07) is 7.09. The van der Waals surface area contributed by atoms with E-state index in [0.717, 1.165) is 24.3 Å². The maximum absolute atomic E-state index is 14.5. The van der Waals surface area contributed by atoms with Crippen molar-refractivity contribution in [3.63, 3.8) is 0 Å². The standard InChI is InChI=1S/C23H25F3N4O4S/c1-5-34-23(31)30-35(4,32)13-15-8-17(25)10-18(9-15)28-14(2)29-22(20(26)12-27)19-7-6-16(24)11-21(19)33-3/h6-12,28H,2,5,13,27H2,1,3-4H3/b20-12+,29-22?. The van der Waals surface area contributed by atoms with Gasteiger partial charge in [-0.3, -0.25) is 0 Å². The summed E-state index contributed by atoms with van der Waals surface area (Å²) in [6.45, 7) is 5.34. The van der Waals surface area contributed by atoms with E-state index in [-0.39, 0.29) is 46.5 Å². The molecule has 35 heavy (non-hydrogen) atoms. The van der Waals surface area contributed by atoms with Crippen molar-refractivity contribution in [2.75, 3.05) is 25.3 Å². The Balaban J connectivity index is 2.37. The molecule has 3 N–H and O–H groups in total. The van der Waals surface area contributed by atoms with Gasteiger partial charge in [-0.15, -0.1) is 4.36 Å². The van der Waals surface area contributed by atoms with Gasteiger partial charge in [0.2, 0.25) is 0 Å². The monoisotopic (exact) mass is 510 g/mol. The van der Waals surface area contributed by atoms with Gasteiger partial charge in [0.05, 0.1) is 29.2 Å². The number of amides is 1. The quantitative estimate of drug-likeness (QED) is 0.465. The van der Waals surface area contributed by atoms with Gasteiger partial charge in [0.25, 0.3) is 0 Å². The second-order valence-electron chi connectivity index (χ2n) is 7.13. The lowest BCUT2D eigenvalue weighted by Gasteiger charge is -2.13. The lowest BCUT2D eigenvalue weighted by atomic mass is 10.1. The van der Waals surface area contributed by atoms with E-state index in [0.29, 0.717) is 6.20 Å². The highest BCUT2D eigenvalue weighted by atomic mass is 32.2. The Morgan fingerprint density at radius 2 is 1.94 bits per heavy atom. The molecule has 1 atom stereocenters. The van der Waals surface area contributed by atoms with Gasteiger partial charge in [0, 0.05) is 29.8 Å². The van der Waals surface area contributed by atoms with Crippen molar-refractivity contribution < 1.29 is 31.6 Å². The smallest absolute Gasteiger partial charge is 0.441 e. The molecule has 0 bridgehead atoms. The zero-order valence-corrected chi connectivity index (χ0v) is 20.1. The van der Waals surface area contributed by atoms with Crippen LogP contribution in [0.15, 0.2) is 70.2 Å². The molecule has 12 heteroatoms. The summed E-state index contributed by atoms with van der Waals surface area (Å²) in [5.74, 6) is -2.58. The van der Waals surface area contributed by atoms with Crippen LogP contribution in [0.3, 0.4) is 0 Å². The summed E-state index contributed by atoms with van der Waals surface area (Å²) in [5, 5.41) is 2.71. The fourth-order valence-electron chi connectivity index (χ4n) is 2.97. The highest BCUT2D eigenvalue weighted by Gasteiger charge is 2.17. The first-order valence-corrected chi connectivity index (χ1v) is 12.2. The zero-order chi connectivity index (χ0) is 26.2. The van der Waals surface area contributed by atoms with Gasteiger partial charge in [-0.05, 0) is 42.8 Å². The molecule has 2 aromatic carbocycles. The van der Waals surface area contributed by atoms with Gasteiger partial charge >= 0.3 is 6.09 Å². The number of halogens is 3. The lowest BCUT2D eigenvalue weighted by Crippen LogP contribution is -2.10. The predicted molar refractivity (Wildman–Crippen MR) is 129 cm³/mol. The van der Waals surface area contributed by atoms with Crippen molar-refractivity contribution in [2.45, 2.75) is 12.7 Å². The molecule has 0 spiro atoms. The Bertz CT molecular complexity index is 1300. The third kappa shape index (κ3) is 8.18. The summed E-state index contributed by atoms with van der Waals surface area (Å²) in [6.07, 6.45) is 0.937. The first-order valence-electron chi connectivity index (χ1n) is 10.1. The van der Waals surface area contributed by atoms with E-state index in [1.165, 1.54) is 25.5 Å². The number of aliphatic imine (C=N–C) groups is 1. The number of carbonyl (C=O) groups is 1. The summed E-state index contributed by atoms with van der Waals surface area (Å²) < 4.78 is 68.2. The van der Waals surface area contributed by atoms with Gasteiger partial charge in [0.15, 0.2) is 5.83 Å². The highest BCUT2D eigenvalue weighted by molar-refractivity contribution is 7.92. The van der Waals surface area contributed by atoms with Crippen molar-refractivity contribution in [1.29, 1.82) is 0 Å². The van der Waals surface area contributed by atoms with Crippen LogP contribution in [0.2, 0.25) is 0 Å². The van der Waals surface area contributed by atoms with Crippen LogP contribution in [0.5, 0.6) is 5.75 Å². The number of benzene rings is 2. The summed E-state index contributed by atoms with van der Waals surface area (Å²) >= 11 is 0. The molecule has 2 rings (SSSR count). The molecule has 1 unspecified atom stereocenters. The molecule has 8 nitrogen and oxygen atoms in total. The number of allylic oxidation sites excluding steroid dienone is 1. The van der Waals surface area contributed by atoms with Crippen LogP contribution in [0, 0.1) is 11.6 Å². The summed E-state index contributed by atoms with van der Waals surface area (Å²) in [5.41, 5.74) is 5.52. The molecule has 0 aliphatic rings. The molecule has 0 saturated heterocycles. The average Bonchev–Trinajstić information content (AvgIpc) is 2.75. The molecule has 0 saturated carbocycles. The van der Waals surface area contributed by atoms with E-state index >= 15 is 0 Å². The first kappa shape index (κ1) is 27.4. The minimum absolute atomic E-state index is 0.00430. The fourth-order valence-corrected chi connectivity index (χ4v) is 4.18. The van der Waals surface area contributed by atoms with E-state index in [4.69, 9.17) is 10.5 Å². The average molecular weight is 511 g/mol. The maximum Gasteiger partial charge on any atom is 0.441 e. The molecule has 1 amide bonds. The van der Waals surface area contributed by atoms with Crippen LogP contribution in [0.1, 0.15) is 18.1 Å². The van der Waals surface area contributed by atoms with E-state index in [2.05, 4.69) is 26.0 Å². The largest absolute Gasteiger partial charge is 0.496 e. The Labute approximate surface area is 201 Å². The van der Waals surface area contributed by atoms with Gasteiger partial charge in [-0.2, -0.15) is 0 Å². The van der Waals surface area contributed by atoms with Crippen LogP contribution in [0.25, 0.3) is 0 Å². The highest BCUT2D eigenvalue weighted by Crippen LogP contribution is 2.25. The van der Waals surface area contributed by atoms with E-state index in [1.54, 1.807) is 6.92 Å². The number of carbonyl (C=O) groups excluding carboxylic acids is 1. The van der Waals surface area contributed by atoms with Gasteiger partial charge in [-0.25, -0.2) is 27.2 Å². The maximum atomic E-state index is 14.5. The van der Waals surface area contributed by atoms with Crippen molar-refractivity contribution >= 4 is 27.2 Å². The van der Waals surface area contributed by atoms with Crippen molar-refractivity contribution in [3.8, 4) is 5.75 Å². The van der Waals surface area contributed by atoms with Crippen molar-refractivity contribution in [1.82, 2.24) is 0 Å². The minimum Gasteiger partial charge on any atom is -0.496 e. The van der Waals surface area contributed by atoms with Crippen LogP contribution in [-0.2, 0) is 20.2 Å². The van der Waals surface area contributed by atoms with Crippen LogP contribution >= 0.6 is 0 Å². The molecule has 0 aromatic heterocycles. The minimum atomic E-state index is -3.06. The van der Waals surface area contributed by atoms with Crippen molar-refractivity contribution in [2.24, 2.45) is 15.1 Å². The molecule has 0 heterocycles. The molecule has 0 aliphatic carbocycles. The lowest BCUT2D eigenvalue weighted by molar-refractivity contribution is 0.164. The van der Waals surface area contributed by atoms with Gasteiger partial charge in [-0.1, -0.05) is 6.58 Å². The number of nitrogens with one attached hydrogen (secondary N) is 1. The van der Waals surface area contributed by atoms with Gasteiger partial charge < -0.3 is 20.5 Å². The Morgan fingerprint density at radius 1 is 1.23 bits per heavy atom. The third-order valence-electron chi connectivity index (χ3n) is 4.25. The molecular formula is C23H25F3N4O4S. The van der Waals surface area contributed by atoms with E-state index in [9.17, 15) is 22.2 Å². The van der Waals surface area contributed by atoms with Gasteiger partial charge in [0.1, 0.15) is 28.9 Å². The Kier molecular flexibility index (Phi) is 9.46. The number of methoxy groups -OCH3 is 1. The van der Waals surface area contributed by atoms with Crippen LogP contribution < -0.4 is 15.8 Å². The number of nitrogens with zero attached hydrogens (tertiary/aromatic N) is 2. The number of anilines is 1. The molecule has 0 radical (unpaired) electrons. The number of ether oxygens (including phenoxy) is 2. The molecule has 0 fully saturated rings. The topological polar surface area (TPSA) is 115 Å². The number of hydrogen-bond donors (Lipinski definition) is 2.